The molecule has 1 aromatic heterocycles. The number of halogens is 1. The van der Waals surface area contributed by atoms with Crippen molar-refractivity contribution in [3.05, 3.63) is 76.3 Å². The van der Waals surface area contributed by atoms with Crippen LogP contribution >= 0.6 is 15.9 Å². The number of nitrogens with one attached hydrogen (secondary N) is 1. The van der Waals surface area contributed by atoms with Crippen molar-refractivity contribution in [1.29, 1.82) is 0 Å². The summed E-state index contributed by atoms with van der Waals surface area (Å²) in [6.07, 6.45) is 0. The Bertz CT molecular complexity index is 1230. The molecular formula is C24H21BrN2O3. The number of methoxy groups -OCH3 is 1. The second kappa shape index (κ2) is 8.32. The average Bonchev–Trinajstić information content (AvgIpc) is 3.17. The van der Waals surface area contributed by atoms with Crippen LogP contribution in [0.15, 0.2) is 69.6 Å². The highest BCUT2D eigenvalue weighted by atomic mass is 79.9. The van der Waals surface area contributed by atoms with Crippen molar-refractivity contribution in [3.63, 3.8) is 0 Å². The second-order valence-electron chi connectivity index (χ2n) is 7.28. The number of carbonyl (C=O) groups excluding carboxylic acids is 1. The van der Waals surface area contributed by atoms with Crippen LogP contribution in [0.3, 0.4) is 0 Å². The van der Waals surface area contributed by atoms with E-state index in [1.807, 2.05) is 36.4 Å². The summed E-state index contributed by atoms with van der Waals surface area (Å²) < 4.78 is 12.2. The first kappa shape index (κ1) is 20.2. The molecule has 0 fully saturated rings. The highest BCUT2D eigenvalue weighted by Crippen LogP contribution is 2.33. The normalized spacial score (nSPS) is 11.1. The van der Waals surface area contributed by atoms with Gasteiger partial charge in [0.05, 0.1) is 12.8 Å². The molecule has 0 bridgehead atoms. The molecule has 6 heteroatoms. The average molecular weight is 465 g/mol. The first-order valence-electron chi connectivity index (χ1n) is 9.60. The number of amides is 1. The molecule has 0 aliphatic heterocycles. The van der Waals surface area contributed by atoms with Crippen molar-refractivity contribution in [3.8, 4) is 17.2 Å². The van der Waals surface area contributed by atoms with Crippen LogP contribution in [0, 0.1) is 0 Å². The lowest BCUT2D eigenvalue weighted by atomic mass is 10.0. The zero-order chi connectivity index (χ0) is 21.3. The summed E-state index contributed by atoms with van der Waals surface area (Å²) in [7, 11) is 1.57. The standard InChI is InChI=1S/C24H21BrN2O3/c1-14(2)15-7-10-22-20(12-15)27-24(30-22)17-8-9-21(29-3)19(13-17)26-23(28)16-5-4-6-18(25)11-16/h4-14H,1-3H3,(H,26,28). The maximum atomic E-state index is 12.7. The molecule has 0 saturated heterocycles. The molecule has 0 spiro atoms. The number of hydrogen-bond acceptors (Lipinski definition) is 4. The fourth-order valence-electron chi connectivity index (χ4n) is 3.19. The van der Waals surface area contributed by atoms with Gasteiger partial charge in [-0.05, 0) is 60.0 Å². The Morgan fingerprint density at radius 2 is 1.93 bits per heavy atom. The number of ether oxygens (including phenoxy) is 1. The van der Waals surface area contributed by atoms with Crippen LogP contribution in [0.5, 0.6) is 5.75 Å². The van der Waals surface area contributed by atoms with Crippen LogP contribution in [0.25, 0.3) is 22.6 Å². The number of nitrogens with zero attached hydrogens (tertiary/aromatic N) is 1. The Kier molecular flexibility index (Phi) is 5.59. The van der Waals surface area contributed by atoms with Crippen molar-refractivity contribution in [2.75, 3.05) is 12.4 Å². The van der Waals surface area contributed by atoms with Crippen LogP contribution in [0.2, 0.25) is 0 Å². The zero-order valence-corrected chi connectivity index (χ0v) is 18.5. The minimum Gasteiger partial charge on any atom is -0.495 e. The molecular weight excluding hydrogens is 444 g/mol. The number of benzene rings is 3. The maximum absolute atomic E-state index is 12.7. The van der Waals surface area contributed by atoms with Crippen molar-refractivity contribution in [2.45, 2.75) is 19.8 Å². The zero-order valence-electron chi connectivity index (χ0n) is 16.9. The summed E-state index contributed by atoms with van der Waals surface area (Å²) in [5, 5.41) is 2.92. The highest BCUT2D eigenvalue weighted by Gasteiger charge is 2.15. The molecule has 1 heterocycles. The molecule has 0 saturated carbocycles. The Morgan fingerprint density at radius 1 is 1.10 bits per heavy atom. The smallest absolute Gasteiger partial charge is 0.255 e. The number of hydrogen-bond donors (Lipinski definition) is 1. The van der Waals surface area contributed by atoms with Gasteiger partial charge < -0.3 is 14.5 Å². The summed E-state index contributed by atoms with van der Waals surface area (Å²) in [6.45, 7) is 4.29. The van der Waals surface area contributed by atoms with Crippen molar-refractivity contribution in [1.82, 2.24) is 4.98 Å². The lowest BCUT2D eigenvalue weighted by Gasteiger charge is -2.11. The Hall–Kier alpha value is -3.12. The van der Waals surface area contributed by atoms with E-state index in [9.17, 15) is 4.79 Å². The van der Waals surface area contributed by atoms with Gasteiger partial charge in [0.2, 0.25) is 5.89 Å². The Labute approximate surface area is 183 Å². The summed E-state index contributed by atoms with van der Waals surface area (Å²) in [4.78, 5) is 17.3. The van der Waals surface area contributed by atoms with Crippen molar-refractivity contribution < 1.29 is 13.9 Å². The fourth-order valence-corrected chi connectivity index (χ4v) is 3.59. The quantitative estimate of drug-likeness (QED) is 0.359. The third-order valence-corrected chi connectivity index (χ3v) is 5.35. The molecule has 0 unspecified atom stereocenters. The third-order valence-electron chi connectivity index (χ3n) is 4.86. The molecule has 0 aliphatic rings. The molecule has 0 radical (unpaired) electrons. The first-order valence-corrected chi connectivity index (χ1v) is 10.4. The van der Waals surface area contributed by atoms with Gasteiger partial charge in [0.25, 0.3) is 5.91 Å². The molecule has 1 N–H and O–H groups in total. The van der Waals surface area contributed by atoms with E-state index >= 15 is 0 Å². The van der Waals surface area contributed by atoms with Gasteiger partial charge in [-0.2, -0.15) is 0 Å². The number of oxazole rings is 1. The maximum Gasteiger partial charge on any atom is 0.255 e. The summed E-state index contributed by atoms with van der Waals surface area (Å²) in [5.41, 5.74) is 4.59. The number of anilines is 1. The predicted octanol–water partition coefficient (Wildman–Crippen LogP) is 6.64. The molecule has 3 aromatic carbocycles. The van der Waals surface area contributed by atoms with E-state index in [1.165, 1.54) is 5.56 Å². The molecule has 0 aliphatic carbocycles. The number of aromatic nitrogens is 1. The van der Waals surface area contributed by atoms with Gasteiger partial charge in [0, 0.05) is 15.6 Å². The van der Waals surface area contributed by atoms with E-state index in [0.717, 1.165) is 21.1 Å². The SMILES string of the molecule is COc1ccc(-c2nc3cc(C(C)C)ccc3o2)cc1NC(=O)c1cccc(Br)c1. The topological polar surface area (TPSA) is 64.4 Å². The molecule has 152 valence electrons. The van der Waals surface area contributed by atoms with Gasteiger partial charge in [-0.15, -0.1) is 0 Å². The van der Waals surface area contributed by atoms with Crippen LogP contribution in [0.4, 0.5) is 5.69 Å². The van der Waals surface area contributed by atoms with E-state index < -0.39 is 0 Å². The molecule has 4 aromatic rings. The van der Waals surface area contributed by atoms with Crippen LogP contribution < -0.4 is 10.1 Å². The fraction of sp³-hybridized carbons (Fsp3) is 0.167. The monoisotopic (exact) mass is 464 g/mol. The van der Waals surface area contributed by atoms with Gasteiger partial charge in [-0.25, -0.2) is 4.98 Å². The van der Waals surface area contributed by atoms with Gasteiger partial charge in [0.1, 0.15) is 11.3 Å². The van der Waals surface area contributed by atoms with Gasteiger partial charge in [0.15, 0.2) is 5.58 Å². The van der Waals surface area contributed by atoms with Gasteiger partial charge in [-0.1, -0.05) is 41.9 Å². The largest absolute Gasteiger partial charge is 0.495 e. The lowest BCUT2D eigenvalue weighted by molar-refractivity contribution is 0.102. The molecule has 4 rings (SSSR count). The summed E-state index contributed by atoms with van der Waals surface area (Å²) in [6, 6.07) is 18.7. The first-order chi connectivity index (χ1) is 14.4. The van der Waals surface area contributed by atoms with E-state index in [2.05, 4.69) is 46.1 Å². The van der Waals surface area contributed by atoms with Gasteiger partial charge >= 0.3 is 0 Å². The summed E-state index contributed by atoms with van der Waals surface area (Å²) in [5.74, 6) is 1.23. The lowest BCUT2D eigenvalue weighted by Crippen LogP contribution is -2.12. The van der Waals surface area contributed by atoms with Crippen LogP contribution in [-0.4, -0.2) is 18.0 Å². The molecule has 1 amide bonds. The molecule has 5 nitrogen and oxygen atoms in total. The summed E-state index contributed by atoms with van der Waals surface area (Å²) >= 11 is 3.39. The third kappa shape index (κ3) is 4.09. The number of carbonyl (C=O) groups is 1. The van der Waals surface area contributed by atoms with Crippen molar-refractivity contribution >= 4 is 38.6 Å². The minimum atomic E-state index is -0.231. The Balaban J connectivity index is 1.68. The molecule has 0 atom stereocenters. The highest BCUT2D eigenvalue weighted by molar-refractivity contribution is 9.10. The van der Waals surface area contributed by atoms with E-state index in [0.29, 0.717) is 28.8 Å². The van der Waals surface area contributed by atoms with Crippen molar-refractivity contribution in [2.24, 2.45) is 0 Å². The van der Waals surface area contributed by atoms with E-state index in [-0.39, 0.29) is 5.91 Å². The number of fused-ring (bicyclic) bond motifs is 1. The second-order valence-corrected chi connectivity index (χ2v) is 8.20. The van der Waals surface area contributed by atoms with Gasteiger partial charge in [-0.3, -0.25) is 4.79 Å². The van der Waals surface area contributed by atoms with Crippen LogP contribution in [-0.2, 0) is 0 Å². The van der Waals surface area contributed by atoms with E-state index in [1.54, 1.807) is 25.3 Å². The van der Waals surface area contributed by atoms with Crippen LogP contribution in [0.1, 0.15) is 35.7 Å². The minimum absolute atomic E-state index is 0.231. The number of rotatable bonds is 5. The molecule has 30 heavy (non-hydrogen) atoms. The Morgan fingerprint density at radius 3 is 2.67 bits per heavy atom. The van der Waals surface area contributed by atoms with E-state index in [4.69, 9.17) is 9.15 Å². The predicted molar refractivity (Wildman–Crippen MR) is 122 cm³/mol.